The minimum absolute atomic E-state index is 0.00261. The molecule has 2 aliphatic rings. The van der Waals surface area contributed by atoms with Crippen LogP contribution in [0.2, 0.25) is 0 Å². The molecule has 4 aromatic heterocycles. The van der Waals surface area contributed by atoms with Crippen LogP contribution in [0.25, 0.3) is 22.0 Å². The number of hydrogen-bond acceptors (Lipinski definition) is 8. The zero-order chi connectivity index (χ0) is 43.1. The van der Waals surface area contributed by atoms with Gasteiger partial charge in [0.2, 0.25) is 5.91 Å². The van der Waals surface area contributed by atoms with E-state index in [0.29, 0.717) is 27.2 Å². The molecule has 4 heterocycles. The third kappa shape index (κ3) is 7.44. The van der Waals surface area contributed by atoms with Gasteiger partial charge in [0.15, 0.2) is 11.5 Å². The fourth-order valence-corrected chi connectivity index (χ4v) is 8.72. The molecule has 1 fully saturated rings. The van der Waals surface area contributed by atoms with Crippen LogP contribution in [0.1, 0.15) is 59.2 Å². The number of halogens is 7. The largest absolute Gasteiger partial charge is 0.435 e. The van der Waals surface area contributed by atoms with E-state index in [1.165, 1.54) is 35.6 Å². The minimum Gasteiger partial charge on any atom is -0.381 e. The van der Waals surface area contributed by atoms with Crippen LogP contribution in [0.3, 0.4) is 0 Å². The summed E-state index contributed by atoms with van der Waals surface area (Å²) < 4.78 is 134. The number of carbonyl (C=O) groups excluding carboxylic acids is 1. The monoisotopic (exact) mass is 855 g/mol. The first-order chi connectivity index (χ1) is 28.2. The number of sulfonamides is 1. The smallest absolute Gasteiger partial charge is 0.381 e. The molecule has 13 nitrogen and oxygen atoms in total. The standard InChI is InChI=1S/C39H32F7N9O4S/c1-19(56)7-8-23-9-10-25(26-5-4-6-27-34(26)54(3)51-37(27)52-60(58,59)24-16-47-53(2)17-24)33(48-23)30(13-20-11-21(40)14-22(41)12-20)49-31(57)18-55-36-32(35(50-55)39(44,45)46)28-15-29(28)38(36,42)43/h4-6,9-12,14,16-17,19,28-30,56H,13,15,18H2,1-3H3,(H,49,57)(H,51,52)/t19?,28-,29+,30-/m0/s1. The second-order valence-corrected chi connectivity index (χ2v) is 16.3. The van der Waals surface area contributed by atoms with Gasteiger partial charge in [-0.1, -0.05) is 18.1 Å². The van der Waals surface area contributed by atoms with Crippen molar-refractivity contribution in [3.63, 3.8) is 0 Å². The molecule has 3 N–H and O–H groups in total. The Labute approximate surface area is 336 Å². The Balaban J connectivity index is 1.25. The fraction of sp³-hybridized carbons (Fsp3) is 0.308. The third-order valence-corrected chi connectivity index (χ3v) is 11.5. The Bertz CT molecular complexity index is 2870. The molecule has 0 radical (unpaired) electrons. The number of nitrogens with zero attached hydrogens (tertiary/aromatic N) is 7. The average Bonchev–Trinajstić information content (AvgIpc) is 3.37. The normalized spacial score (nSPS) is 17.7. The second kappa shape index (κ2) is 14.5. The summed E-state index contributed by atoms with van der Waals surface area (Å²) >= 11 is 0. The molecule has 0 aliphatic heterocycles. The Morgan fingerprint density at radius 1 is 1.07 bits per heavy atom. The minimum atomic E-state index is -5.08. The van der Waals surface area contributed by atoms with Gasteiger partial charge >= 0.3 is 6.18 Å². The summed E-state index contributed by atoms with van der Waals surface area (Å²) in [5, 5.41) is 24.6. The Hall–Kier alpha value is -6.27. The molecule has 1 unspecified atom stereocenters. The number of alkyl halides is 5. The lowest BCUT2D eigenvalue weighted by Crippen LogP contribution is -2.35. The van der Waals surface area contributed by atoms with Gasteiger partial charge < -0.3 is 10.4 Å². The van der Waals surface area contributed by atoms with Crippen molar-refractivity contribution in [1.82, 2.24) is 39.6 Å². The molecule has 0 bridgehead atoms. The predicted molar refractivity (Wildman–Crippen MR) is 199 cm³/mol. The highest BCUT2D eigenvalue weighted by Gasteiger charge is 2.68. The van der Waals surface area contributed by atoms with E-state index in [-0.39, 0.29) is 39.6 Å². The van der Waals surface area contributed by atoms with Gasteiger partial charge in [0, 0.05) is 54.4 Å². The van der Waals surface area contributed by atoms with E-state index in [2.05, 4.69) is 42.2 Å². The van der Waals surface area contributed by atoms with E-state index in [4.69, 9.17) is 0 Å². The number of carbonyl (C=O) groups is 1. The number of amides is 1. The van der Waals surface area contributed by atoms with Crippen molar-refractivity contribution in [2.24, 2.45) is 20.0 Å². The SMILES string of the molecule is CC(O)C#Cc1ccc(-c2cccc3c(NS(=O)(=O)c4cnn(C)c4)nn(C)c23)c([C@H](Cc2cc(F)cc(F)c2)NC(=O)Cn2nc(C(F)(F)F)c3c2C(F)(F)[C@@H]2C[C@H]32)n1. The molecule has 6 aromatic rings. The van der Waals surface area contributed by atoms with Gasteiger partial charge in [0.25, 0.3) is 15.9 Å². The fourth-order valence-electron chi connectivity index (χ4n) is 7.72. The maximum Gasteiger partial charge on any atom is 0.435 e. The average molecular weight is 856 g/mol. The highest BCUT2D eigenvalue weighted by Crippen LogP contribution is 2.68. The van der Waals surface area contributed by atoms with Gasteiger partial charge in [-0.25, -0.2) is 22.2 Å². The highest BCUT2D eigenvalue weighted by molar-refractivity contribution is 7.92. The van der Waals surface area contributed by atoms with E-state index in [1.54, 1.807) is 31.3 Å². The number of para-hydroxylation sites is 1. The molecule has 0 spiro atoms. The molecular weight excluding hydrogens is 824 g/mol. The molecule has 60 heavy (non-hydrogen) atoms. The molecule has 312 valence electrons. The number of aliphatic hydroxyl groups is 1. The summed E-state index contributed by atoms with van der Waals surface area (Å²) in [6, 6.07) is 9.06. The van der Waals surface area contributed by atoms with Crippen molar-refractivity contribution in [2.45, 2.75) is 61.4 Å². The number of benzene rings is 2. The Kier molecular flexibility index (Phi) is 9.77. The summed E-state index contributed by atoms with van der Waals surface area (Å²) in [5.41, 5.74) is -2.13. The molecule has 8 rings (SSSR count). The maximum atomic E-state index is 15.4. The Morgan fingerprint density at radius 2 is 1.80 bits per heavy atom. The van der Waals surface area contributed by atoms with Crippen LogP contribution in [0, 0.1) is 29.4 Å². The number of aromatic nitrogens is 7. The van der Waals surface area contributed by atoms with E-state index in [9.17, 15) is 40.3 Å². The number of anilines is 1. The molecule has 4 atom stereocenters. The van der Waals surface area contributed by atoms with Crippen molar-refractivity contribution in [2.75, 3.05) is 4.72 Å². The third-order valence-electron chi connectivity index (χ3n) is 10.2. The van der Waals surface area contributed by atoms with Crippen molar-refractivity contribution >= 4 is 32.7 Å². The Morgan fingerprint density at radius 3 is 2.47 bits per heavy atom. The van der Waals surface area contributed by atoms with E-state index in [1.807, 2.05) is 0 Å². The zero-order valence-electron chi connectivity index (χ0n) is 31.6. The van der Waals surface area contributed by atoms with Gasteiger partial charge in [-0.05, 0) is 67.5 Å². The number of fused-ring (bicyclic) bond motifs is 4. The first-order valence-electron chi connectivity index (χ1n) is 18.2. The van der Waals surface area contributed by atoms with Crippen molar-refractivity contribution < 1.29 is 49.1 Å². The molecule has 2 aliphatic carbocycles. The summed E-state index contributed by atoms with van der Waals surface area (Å²) in [5.74, 6) is -3.92. The molecule has 2 aromatic carbocycles. The topological polar surface area (TPSA) is 162 Å². The van der Waals surface area contributed by atoms with Crippen molar-refractivity contribution in [1.29, 1.82) is 0 Å². The number of aliphatic hydroxyl groups excluding tert-OH is 1. The maximum absolute atomic E-state index is 15.4. The molecule has 1 saturated carbocycles. The predicted octanol–water partition coefficient (Wildman–Crippen LogP) is 5.70. The number of aryl methyl sites for hydroxylation is 2. The second-order valence-electron chi connectivity index (χ2n) is 14.6. The molecule has 0 saturated heterocycles. The molecule has 1 amide bonds. The van der Waals surface area contributed by atoms with E-state index in [0.717, 1.165) is 18.3 Å². The van der Waals surface area contributed by atoms with E-state index >= 15 is 8.78 Å². The summed E-state index contributed by atoms with van der Waals surface area (Å²) in [7, 11) is -1.09. The van der Waals surface area contributed by atoms with Gasteiger partial charge in [-0.2, -0.15) is 37.2 Å². The molecular formula is C39H32F7N9O4S. The van der Waals surface area contributed by atoms with Crippen molar-refractivity contribution in [3.05, 3.63) is 106 Å². The van der Waals surface area contributed by atoms with Crippen LogP contribution < -0.4 is 10.0 Å². The quantitative estimate of drug-likeness (QED) is 0.117. The summed E-state index contributed by atoms with van der Waals surface area (Å²) in [4.78, 5) is 18.5. The number of hydrogen-bond donors (Lipinski definition) is 3. The number of pyridine rings is 1. The highest BCUT2D eigenvalue weighted by atomic mass is 32.2. The first-order valence-corrected chi connectivity index (χ1v) is 19.7. The number of nitrogens with one attached hydrogen (secondary N) is 2. The summed E-state index contributed by atoms with van der Waals surface area (Å²) in [6.45, 7) is 0.312. The lowest BCUT2D eigenvalue weighted by atomic mass is 9.93. The lowest BCUT2D eigenvalue weighted by Gasteiger charge is -2.23. The van der Waals surface area contributed by atoms with Gasteiger partial charge in [0.05, 0.1) is 23.4 Å². The van der Waals surface area contributed by atoms with E-state index < -0.39 is 93.6 Å². The van der Waals surface area contributed by atoms with Crippen LogP contribution in [0.15, 0.2) is 65.8 Å². The van der Waals surface area contributed by atoms with Crippen molar-refractivity contribution in [3.8, 4) is 23.0 Å². The van der Waals surface area contributed by atoms with Crippen LogP contribution >= 0.6 is 0 Å². The lowest BCUT2D eigenvalue weighted by molar-refractivity contribution is -0.142. The molecule has 21 heteroatoms. The van der Waals surface area contributed by atoms with Crippen LogP contribution in [-0.4, -0.2) is 59.9 Å². The summed E-state index contributed by atoms with van der Waals surface area (Å²) in [6.07, 6.45) is -4.28. The van der Waals surface area contributed by atoms with Gasteiger partial charge in [-0.15, -0.1) is 0 Å². The van der Waals surface area contributed by atoms with Gasteiger partial charge in [0.1, 0.15) is 40.6 Å². The van der Waals surface area contributed by atoms with Crippen LogP contribution in [0.5, 0.6) is 0 Å². The zero-order valence-corrected chi connectivity index (χ0v) is 32.4. The first kappa shape index (κ1) is 40.5. The van der Waals surface area contributed by atoms with Crippen LogP contribution in [-0.2, 0) is 54.0 Å². The number of rotatable bonds is 10. The van der Waals surface area contributed by atoms with Crippen LogP contribution in [0.4, 0.5) is 36.6 Å². The van der Waals surface area contributed by atoms with Gasteiger partial charge in [-0.3, -0.25) is 23.6 Å².